The molecule has 0 aliphatic carbocycles. The molecule has 8 heteroatoms. The summed E-state index contributed by atoms with van der Waals surface area (Å²) in [7, 11) is 0. The maximum absolute atomic E-state index is 12.5. The molecule has 142 valence electrons. The van der Waals surface area contributed by atoms with Crippen LogP contribution < -0.4 is 5.32 Å². The number of aromatic nitrogens is 2. The van der Waals surface area contributed by atoms with Gasteiger partial charge < -0.3 is 10.1 Å². The van der Waals surface area contributed by atoms with E-state index in [1.807, 2.05) is 30.3 Å². The lowest BCUT2D eigenvalue weighted by Gasteiger charge is -2.15. The smallest absolute Gasteiger partial charge is 0.370 e. The average Bonchev–Trinajstić information content (AvgIpc) is 2.81. The Labute approximate surface area is 150 Å². The molecule has 0 aliphatic rings. The molecule has 0 bridgehead atoms. The molecule has 1 N–H and O–H groups in total. The molecule has 26 heavy (non-hydrogen) atoms. The van der Waals surface area contributed by atoms with Crippen LogP contribution in [0.1, 0.15) is 34.2 Å². The van der Waals surface area contributed by atoms with Crippen LogP contribution in [0.4, 0.5) is 13.2 Å². The molecule has 1 amide bonds. The number of aryl methyl sites for hydroxylation is 1. The summed E-state index contributed by atoms with van der Waals surface area (Å²) in [5.74, 6) is -0.373. The van der Waals surface area contributed by atoms with Gasteiger partial charge in [-0.3, -0.25) is 9.48 Å². The number of ether oxygens (including phenoxy) is 1. The van der Waals surface area contributed by atoms with Crippen LogP contribution in [0.3, 0.4) is 0 Å². The third-order valence-corrected chi connectivity index (χ3v) is 3.79. The molecule has 5 nitrogen and oxygen atoms in total. The first kappa shape index (κ1) is 20.0. The maximum Gasteiger partial charge on any atom is 0.411 e. The van der Waals surface area contributed by atoms with Crippen molar-refractivity contribution < 1.29 is 22.7 Å². The number of benzene rings is 1. The Hall–Kier alpha value is -2.35. The van der Waals surface area contributed by atoms with Gasteiger partial charge in [-0.15, -0.1) is 0 Å². The number of nitrogens with zero attached hydrogens (tertiary/aromatic N) is 2. The van der Waals surface area contributed by atoms with Gasteiger partial charge in [0.25, 0.3) is 5.91 Å². The van der Waals surface area contributed by atoms with Gasteiger partial charge in [-0.05, 0) is 26.3 Å². The van der Waals surface area contributed by atoms with E-state index in [4.69, 9.17) is 0 Å². The minimum Gasteiger partial charge on any atom is -0.370 e. The minimum absolute atomic E-state index is 0.221. The lowest BCUT2D eigenvalue weighted by Crippen LogP contribution is -2.37. The molecule has 0 radical (unpaired) electrons. The van der Waals surface area contributed by atoms with Gasteiger partial charge in [0.1, 0.15) is 6.61 Å². The van der Waals surface area contributed by atoms with Crippen LogP contribution in [0.15, 0.2) is 30.3 Å². The van der Waals surface area contributed by atoms with Crippen molar-refractivity contribution in [1.29, 1.82) is 0 Å². The monoisotopic (exact) mass is 369 g/mol. The summed E-state index contributed by atoms with van der Waals surface area (Å²) in [4.78, 5) is 12.5. The second kappa shape index (κ2) is 8.35. The van der Waals surface area contributed by atoms with Crippen molar-refractivity contribution in [3.63, 3.8) is 0 Å². The zero-order chi connectivity index (χ0) is 19.3. The first-order valence-electron chi connectivity index (χ1n) is 8.20. The van der Waals surface area contributed by atoms with Crippen LogP contribution in [0.2, 0.25) is 0 Å². The van der Waals surface area contributed by atoms with Gasteiger partial charge >= 0.3 is 6.18 Å². The third-order valence-electron chi connectivity index (χ3n) is 3.79. The lowest BCUT2D eigenvalue weighted by molar-refractivity contribution is -0.174. The molecule has 0 saturated heterocycles. The number of halogens is 3. The number of nitrogens with one attached hydrogen (secondary N) is 1. The van der Waals surface area contributed by atoms with E-state index in [9.17, 15) is 18.0 Å². The van der Waals surface area contributed by atoms with Crippen LogP contribution in [0.5, 0.6) is 0 Å². The molecule has 1 atom stereocenters. The third kappa shape index (κ3) is 5.59. The predicted octanol–water partition coefficient (Wildman–Crippen LogP) is 3.25. The van der Waals surface area contributed by atoms with Crippen LogP contribution >= 0.6 is 0 Å². The molecule has 0 aliphatic heterocycles. The molecule has 0 fully saturated rings. The molecular formula is C18H22F3N3O2. The summed E-state index contributed by atoms with van der Waals surface area (Å²) < 4.78 is 42.6. The van der Waals surface area contributed by atoms with Crippen LogP contribution in [0.25, 0.3) is 0 Å². The first-order chi connectivity index (χ1) is 12.2. The molecule has 1 aromatic heterocycles. The normalized spacial score (nSPS) is 12.8. The van der Waals surface area contributed by atoms with E-state index >= 15 is 0 Å². The van der Waals surface area contributed by atoms with Crippen molar-refractivity contribution in [2.24, 2.45) is 0 Å². The molecule has 1 heterocycles. The van der Waals surface area contributed by atoms with E-state index in [-0.39, 0.29) is 12.5 Å². The minimum atomic E-state index is -4.38. The summed E-state index contributed by atoms with van der Waals surface area (Å²) in [5.41, 5.74) is 2.76. The number of carbonyl (C=O) groups is 1. The summed E-state index contributed by atoms with van der Waals surface area (Å²) in [6.07, 6.45) is -4.38. The van der Waals surface area contributed by atoms with Crippen molar-refractivity contribution in [2.45, 2.75) is 39.5 Å². The maximum atomic E-state index is 12.5. The van der Waals surface area contributed by atoms with Crippen molar-refractivity contribution in [2.75, 3.05) is 13.2 Å². The van der Waals surface area contributed by atoms with E-state index in [2.05, 4.69) is 15.2 Å². The van der Waals surface area contributed by atoms with Crippen molar-refractivity contribution in [3.8, 4) is 0 Å². The standard InChI is InChI=1S/C18H22F3N3O2/c1-12(10-26-11-18(19,20)21)22-17(25)16-13(2)23-24(14(16)3)9-15-7-5-4-6-8-15/h4-8,12H,9-11H2,1-3H3,(H,22,25). The topological polar surface area (TPSA) is 56.2 Å². The van der Waals surface area contributed by atoms with Crippen molar-refractivity contribution >= 4 is 5.91 Å². The highest BCUT2D eigenvalue weighted by Gasteiger charge is 2.28. The van der Waals surface area contributed by atoms with Crippen LogP contribution in [-0.2, 0) is 11.3 Å². The molecule has 2 rings (SSSR count). The highest BCUT2D eigenvalue weighted by molar-refractivity contribution is 5.96. The van der Waals surface area contributed by atoms with E-state index in [1.54, 1.807) is 25.5 Å². The van der Waals surface area contributed by atoms with Crippen LogP contribution in [-0.4, -0.2) is 41.1 Å². The Morgan fingerprint density at radius 3 is 2.54 bits per heavy atom. The second-order valence-electron chi connectivity index (χ2n) is 6.19. The fraction of sp³-hybridized carbons (Fsp3) is 0.444. The second-order valence-corrected chi connectivity index (χ2v) is 6.19. The molecule has 1 unspecified atom stereocenters. The fourth-order valence-corrected chi connectivity index (χ4v) is 2.62. The Bertz CT molecular complexity index is 742. The van der Waals surface area contributed by atoms with Gasteiger partial charge in [-0.25, -0.2) is 0 Å². The zero-order valence-electron chi connectivity index (χ0n) is 14.9. The van der Waals surface area contributed by atoms with Gasteiger partial charge in [0, 0.05) is 11.7 Å². The molecule has 0 saturated carbocycles. The van der Waals surface area contributed by atoms with Crippen molar-refractivity contribution in [1.82, 2.24) is 15.1 Å². The summed E-state index contributed by atoms with van der Waals surface area (Å²) in [5, 5.41) is 7.06. The zero-order valence-corrected chi connectivity index (χ0v) is 14.9. The lowest BCUT2D eigenvalue weighted by atomic mass is 10.1. The first-order valence-corrected chi connectivity index (χ1v) is 8.20. The molecule has 0 spiro atoms. The molecule has 2 aromatic rings. The average molecular weight is 369 g/mol. The number of carbonyl (C=O) groups excluding carboxylic acids is 1. The highest BCUT2D eigenvalue weighted by Crippen LogP contribution is 2.16. The van der Waals surface area contributed by atoms with E-state index in [0.29, 0.717) is 23.5 Å². The molecular weight excluding hydrogens is 347 g/mol. The van der Waals surface area contributed by atoms with Gasteiger partial charge in [0.15, 0.2) is 0 Å². The Kier molecular flexibility index (Phi) is 6.42. The van der Waals surface area contributed by atoms with E-state index in [0.717, 1.165) is 5.56 Å². The Morgan fingerprint density at radius 2 is 1.92 bits per heavy atom. The number of hydrogen-bond acceptors (Lipinski definition) is 3. The summed E-state index contributed by atoms with van der Waals surface area (Å²) in [6.45, 7) is 4.09. The fourth-order valence-electron chi connectivity index (χ4n) is 2.62. The van der Waals surface area contributed by atoms with Gasteiger partial charge in [-0.2, -0.15) is 18.3 Å². The van der Waals surface area contributed by atoms with E-state index in [1.165, 1.54) is 0 Å². The largest absolute Gasteiger partial charge is 0.411 e. The number of hydrogen-bond donors (Lipinski definition) is 1. The Balaban J connectivity index is 2.00. The highest BCUT2D eigenvalue weighted by atomic mass is 19.4. The van der Waals surface area contributed by atoms with Gasteiger partial charge in [-0.1, -0.05) is 30.3 Å². The summed E-state index contributed by atoms with van der Waals surface area (Å²) >= 11 is 0. The predicted molar refractivity (Wildman–Crippen MR) is 91.0 cm³/mol. The molecule has 1 aromatic carbocycles. The Morgan fingerprint density at radius 1 is 1.27 bits per heavy atom. The quantitative estimate of drug-likeness (QED) is 0.815. The van der Waals surface area contributed by atoms with Crippen LogP contribution in [0, 0.1) is 13.8 Å². The van der Waals surface area contributed by atoms with E-state index < -0.39 is 18.8 Å². The number of alkyl halides is 3. The van der Waals surface area contributed by atoms with Crippen molar-refractivity contribution in [3.05, 3.63) is 52.8 Å². The SMILES string of the molecule is Cc1nn(Cc2ccccc2)c(C)c1C(=O)NC(C)COCC(F)(F)F. The number of amides is 1. The van der Waals surface area contributed by atoms with Gasteiger partial charge in [0.05, 0.1) is 24.4 Å². The number of rotatable bonds is 7. The summed E-state index contributed by atoms with van der Waals surface area (Å²) in [6, 6.07) is 9.16. The van der Waals surface area contributed by atoms with Gasteiger partial charge in [0.2, 0.25) is 0 Å².